The van der Waals surface area contributed by atoms with Crippen molar-refractivity contribution in [3.63, 3.8) is 0 Å². The minimum atomic E-state index is -1.90. The normalized spacial score (nSPS) is 41.3. The summed E-state index contributed by atoms with van der Waals surface area (Å²) in [6.45, 7) is 29.2. The molecule has 8 rings (SSSR count). The molecule has 0 aromatic carbocycles. The third kappa shape index (κ3) is 11.4. The predicted molar refractivity (Wildman–Crippen MR) is 256 cm³/mol. The van der Waals surface area contributed by atoms with Crippen LogP contribution in [0, 0.1) is 17.8 Å². The first-order valence-electron chi connectivity index (χ1n) is 24.5. The summed E-state index contributed by atoms with van der Waals surface area (Å²) in [7, 11) is -1.90. The standard InChI is InChI=1S/C49H80BrClO10SSi/c1-12-32(61-63(10,11)48(7,8)9)22-38-30(6)35(26-50)40(56-38)24-39-29(5)27(3)21-33(54-39)14-16-36(52)28(4)20-31(51)18-19-49-25-41-44(59-49)45-46(58-41)47(60-49)43-37(57-45)17-15-34(55-43)23-42(53)62-13-2/h27,30-41,43-47,52H,4-5,12-26H2,1-3,6-11H3/t27-,30-,31?,32-,33+,34-,35-,36+,37+,38-,39?,40+,41?,43+,44-,45?,46-,47+,49?/m1/s1. The van der Waals surface area contributed by atoms with Crippen LogP contribution in [-0.4, -0.2) is 126 Å². The van der Waals surface area contributed by atoms with Crippen molar-refractivity contribution in [2.24, 2.45) is 17.8 Å². The minimum Gasteiger partial charge on any atom is -0.414 e. The Kier molecular flexibility index (Phi) is 17.0. The lowest BCUT2D eigenvalue weighted by Crippen LogP contribution is -2.61. The van der Waals surface area contributed by atoms with E-state index in [1.54, 1.807) is 0 Å². The number of fused-ring (bicyclic) bond motifs is 1. The molecule has 63 heavy (non-hydrogen) atoms. The smallest absolute Gasteiger partial charge is 0.192 e. The van der Waals surface area contributed by atoms with E-state index in [0.717, 1.165) is 67.2 Å². The van der Waals surface area contributed by atoms with Crippen LogP contribution in [0.1, 0.15) is 132 Å². The van der Waals surface area contributed by atoms with Crippen molar-refractivity contribution in [3.8, 4) is 0 Å². The van der Waals surface area contributed by atoms with Crippen LogP contribution in [0.15, 0.2) is 24.3 Å². The number of carbonyl (C=O) groups is 1. The zero-order valence-corrected chi connectivity index (χ0v) is 43.9. The van der Waals surface area contributed by atoms with Crippen LogP contribution in [0.5, 0.6) is 0 Å². The molecule has 0 aromatic heterocycles. The highest BCUT2D eigenvalue weighted by atomic mass is 79.9. The molecule has 8 aliphatic rings. The van der Waals surface area contributed by atoms with E-state index in [9.17, 15) is 9.90 Å². The van der Waals surface area contributed by atoms with E-state index in [-0.39, 0.29) is 94.9 Å². The second-order valence-electron chi connectivity index (χ2n) is 21.7. The molecular weight excluding hydrogens is 924 g/mol. The maximum Gasteiger partial charge on any atom is 0.192 e. The summed E-state index contributed by atoms with van der Waals surface area (Å²) >= 11 is 12.2. The molecule has 14 heteroatoms. The van der Waals surface area contributed by atoms with Crippen molar-refractivity contribution in [3.05, 3.63) is 24.3 Å². The van der Waals surface area contributed by atoms with Gasteiger partial charge in [0.05, 0.1) is 48.8 Å². The molecule has 8 fully saturated rings. The number of hydrogen-bond acceptors (Lipinski definition) is 11. The van der Waals surface area contributed by atoms with Gasteiger partial charge in [0.2, 0.25) is 0 Å². The van der Waals surface area contributed by atoms with Gasteiger partial charge in [-0.3, -0.25) is 4.79 Å². The molecule has 6 bridgehead atoms. The summed E-state index contributed by atoms with van der Waals surface area (Å²) in [6, 6.07) is 0. The van der Waals surface area contributed by atoms with Gasteiger partial charge in [-0.05, 0) is 111 Å². The summed E-state index contributed by atoms with van der Waals surface area (Å²) in [5.41, 5.74) is 1.88. The molecule has 5 unspecified atom stereocenters. The van der Waals surface area contributed by atoms with Gasteiger partial charge < -0.3 is 42.7 Å². The number of halogens is 2. The van der Waals surface area contributed by atoms with Gasteiger partial charge in [0.1, 0.15) is 30.5 Å². The monoisotopic (exact) mass is 1000 g/mol. The highest BCUT2D eigenvalue weighted by molar-refractivity contribution is 9.09. The maximum absolute atomic E-state index is 12.5. The zero-order valence-electron chi connectivity index (χ0n) is 39.7. The molecule has 360 valence electrons. The average molecular weight is 1000 g/mol. The largest absolute Gasteiger partial charge is 0.414 e. The Hall–Kier alpha value is 0.127. The lowest BCUT2D eigenvalue weighted by Gasteiger charge is -2.47. The van der Waals surface area contributed by atoms with E-state index < -0.39 is 20.2 Å². The molecule has 8 heterocycles. The fraction of sp³-hybridized carbons (Fsp3) is 0.898. The molecule has 1 N–H and O–H groups in total. The molecule has 8 saturated heterocycles. The molecule has 0 radical (unpaired) electrons. The number of alkyl halides is 2. The lowest BCUT2D eigenvalue weighted by molar-refractivity contribution is -0.291. The summed E-state index contributed by atoms with van der Waals surface area (Å²) in [6.07, 6.45) is 7.17. The Labute approximate surface area is 397 Å². The van der Waals surface area contributed by atoms with E-state index in [1.807, 2.05) is 6.92 Å². The first-order chi connectivity index (χ1) is 29.7. The van der Waals surface area contributed by atoms with Gasteiger partial charge in [-0.1, -0.05) is 89.3 Å². The SMILES string of the molecule is C=C1C(C[C@@H]2O[C@H](C[C@@H](CC)O[Si](C)(C)C(C)(C)C)[C@H](C)[C@H]2CBr)O[C@@H](CC[C@H](O)C(=C)CC(Cl)CCC23CC4O[C@@H]5C(O[C@H]6CC[C@H](CC(=O)SCC)O[C@@H]6[C@@H]5O2)[C@@H]4O3)C[C@H]1C. The number of thioether (sulfide) groups is 1. The second kappa shape index (κ2) is 21.0. The van der Waals surface area contributed by atoms with E-state index in [1.165, 1.54) is 11.8 Å². The fourth-order valence-corrected chi connectivity index (χ4v) is 14.7. The Balaban J connectivity index is 0.878. The van der Waals surface area contributed by atoms with Crippen LogP contribution < -0.4 is 0 Å². The number of aliphatic hydroxyl groups is 1. The molecule has 0 saturated carbocycles. The summed E-state index contributed by atoms with van der Waals surface area (Å²) in [4.78, 5) is 12.5. The molecule has 8 aliphatic heterocycles. The number of carbonyl (C=O) groups excluding carboxylic acids is 1. The Morgan fingerprint density at radius 1 is 0.984 bits per heavy atom. The van der Waals surface area contributed by atoms with Crippen LogP contribution in [0.25, 0.3) is 0 Å². The summed E-state index contributed by atoms with van der Waals surface area (Å²) < 4.78 is 53.9. The quantitative estimate of drug-likeness (QED) is 0.0715. The van der Waals surface area contributed by atoms with Gasteiger partial charge in [-0.25, -0.2) is 0 Å². The van der Waals surface area contributed by atoms with Crippen LogP contribution in [-0.2, 0) is 42.4 Å². The molecule has 0 aromatic rings. The number of ether oxygens (including phenoxy) is 7. The van der Waals surface area contributed by atoms with Crippen molar-refractivity contribution in [2.75, 3.05) is 11.1 Å². The zero-order chi connectivity index (χ0) is 45.6. The van der Waals surface area contributed by atoms with Crippen molar-refractivity contribution in [1.29, 1.82) is 0 Å². The highest BCUT2D eigenvalue weighted by Crippen LogP contribution is 2.54. The average Bonchev–Trinajstić information content (AvgIpc) is 3.77. The first-order valence-corrected chi connectivity index (χ1v) is 29.9. The summed E-state index contributed by atoms with van der Waals surface area (Å²) in [5, 5.41) is 12.3. The number of aliphatic hydroxyl groups excluding tert-OH is 1. The molecule has 0 amide bonds. The molecular formula is C49H80BrClO10SSi. The number of hydrogen-bond donors (Lipinski definition) is 1. The Morgan fingerprint density at radius 2 is 1.70 bits per heavy atom. The van der Waals surface area contributed by atoms with Gasteiger partial charge in [0, 0.05) is 42.5 Å². The van der Waals surface area contributed by atoms with Crippen molar-refractivity contribution in [1.82, 2.24) is 0 Å². The minimum absolute atomic E-state index is 0.0128. The summed E-state index contributed by atoms with van der Waals surface area (Å²) in [5.74, 6) is 1.01. The van der Waals surface area contributed by atoms with Gasteiger partial charge >= 0.3 is 0 Å². The predicted octanol–water partition coefficient (Wildman–Crippen LogP) is 10.4. The van der Waals surface area contributed by atoms with Gasteiger partial charge in [0.25, 0.3) is 0 Å². The van der Waals surface area contributed by atoms with Crippen molar-refractivity contribution in [2.45, 2.75) is 247 Å². The van der Waals surface area contributed by atoms with E-state index >= 15 is 0 Å². The Bertz CT molecular complexity index is 1600. The Morgan fingerprint density at radius 3 is 2.40 bits per heavy atom. The van der Waals surface area contributed by atoms with Crippen molar-refractivity contribution < 1.29 is 47.5 Å². The molecule has 0 spiro atoms. The maximum atomic E-state index is 12.5. The van der Waals surface area contributed by atoms with Crippen molar-refractivity contribution >= 4 is 52.7 Å². The molecule has 19 atom stereocenters. The van der Waals surface area contributed by atoms with E-state index in [2.05, 4.69) is 83.7 Å². The van der Waals surface area contributed by atoms with Crippen LogP contribution in [0.3, 0.4) is 0 Å². The topological polar surface area (TPSA) is 111 Å². The first kappa shape index (κ1) is 51.0. The third-order valence-corrected chi connectivity index (χ3v) is 22.7. The molecule has 0 aliphatic carbocycles. The lowest BCUT2D eigenvalue weighted by atomic mass is 9.82. The molecule has 10 nitrogen and oxygen atoms in total. The highest BCUT2D eigenvalue weighted by Gasteiger charge is 2.68. The van der Waals surface area contributed by atoms with Crippen LogP contribution in [0.2, 0.25) is 18.1 Å². The van der Waals surface area contributed by atoms with Crippen LogP contribution >= 0.6 is 39.3 Å². The fourth-order valence-electron chi connectivity index (χ4n) is 11.3. The van der Waals surface area contributed by atoms with Gasteiger partial charge in [0.15, 0.2) is 19.2 Å². The van der Waals surface area contributed by atoms with Gasteiger partial charge in [-0.2, -0.15) is 0 Å². The second-order valence-corrected chi connectivity index (χ2v) is 29.0. The van der Waals surface area contributed by atoms with Gasteiger partial charge in [-0.15, -0.1) is 11.6 Å². The van der Waals surface area contributed by atoms with Crippen LogP contribution in [0.4, 0.5) is 0 Å². The number of rotatable bonds is 20. The third-order valence-electron chi connectivity index (χ3n) is 16.2. The van der Waals surface area contributed by atoms with E-state index in [0.29, 0.717) is 56.3 Å². The van der Waals surface area contributed by atoms with E-state index in [4.69, 9.17) is 49.2 Å².